The molecule has 24 heavy (non-hydrogen) atoms. The molecule has 0 saturated heterocycles. The first kappa shape index (κ1) is 17.4. The van der Waals surface area contributed by atoms with Gasteiger partial charge in [0.1, 0.15) is 5.82 Å². The van der Waals surface area contributed by atoms with Crippen molar-refractivity contribution in [2.75, 3.05) is 18.4 Å². The maximum absolute atomic E-state index is 11.7. The molecule has 0 bridgehead atoms. The first-order chi connectivity index (χ1) is 11.6. The first-order valence-electron chi connectivity index (χ1n) is 7.77. The summed E-state index contributed by atoms with van der Waals surface area (Å²) < 4.78 is 0. The van der Waals surface area contributed by atoms with E-state index in [0.29, 0.717) is 18.8 Å². The van der Waals surface area contributed by atoms with Crippen molar-refractivity contribution in [2.45, 2.75) is 19.8 Å². The molecular weight excluding hydrogens is 306 g/mol. The first-order valence-corrected chi connectivity index (χ1v) is 7.77. The van der Waals surface area contributed by atoms with Gasteiger partial charge in [-0.2, -0.15) is 0 Å². The molecule has 0 aliphatic heterocycles. The second-order valence-corrected chi connectivity index (χ2v) is 5.27. The average Bonchev–Trinajstić information content (AvgIpc) is 2.58. The Balaban J connectivity index is 1.58. The Bertz CT molecular complexity index is 658. The third-order valence-corrected chi connectivity index (χ3v) is 3.21. The lowest BCUT2D eigenvalue weighted by Gasteiger charge is -2.08. The highest BCUT2D eigenvalue weighted by Gasteiger charge is 2.05. The van der Waals surface area contributed by atoms with Crippen LogP contribution in [-0.2, 0) is 11.2 Å². The van der Waals surface area contributed by atoms with Crippen LogP contribution in [0.5, 0.6) is 0 Å². The molecule has 0 radical (unpaired) electrons. The number of aromatic nitrogens is 2. The highest BCUT2D eigenvalue weighted by molar-refractivity contribution is 5.90. The molecule has 126 valence electrons. The molecule has 3 N–H and O–H groups in total. The lowest BCUT2D eigenvalue weighted by Crippen LogP contribution is -2.38. The Morgan fingerprint density at radius 1 is 1.04 bits per heavy atom. The van der Waals surface area contributed by atoms with Crippen LogP contribution in [0.4, 0.5) is 10.6 Å². The number of rotatable bonds is 7. The fourth-order valence-electron chi connectivity index (χ4n) is 1.95. The van der Waals surface area contributed by atoms with Crippen molar-refractivity contribution in [2.24, 2.45) is 0 Å². The topological polar surface area (TPSA) is 96.0 Å². The standard InChI is InChI=1S/C17H21N5O2/c1-13-5-6-15(21-12-13)22-16(23)8-11-20-17(24)19-10-7-14-4-2-3-9-18-14/h2-6,9,12H,7-8,10-11H2,1H3,(H2,19,20,24)(H,21,22,23). The number of carbonyl (C=O) groups is 2. The van der Waals surface area contributed by atoms with Gasteiger partial charge < -0.3 is 16.0 Å². The predicted octanol–water partition coefficient (Wildman–Crippen LogP) is 1.66. The van der Waals surface area contributed by atoms with Crippen molar-refractivity contribution in [3.63, 3.8) is 0 Å². The lowest BCUT2D eigenvalue weighted by molar-refractivity contribution is -0.116. The van der Waals surface area contributed by atoms with Crippen LogP contribution in [0.25, 0.3) is 0 Å². The molecule has 0 fully saturated rings. The molecule has 7 heteroatoms. The average molecular weight is 327 g/mol. The van der Waals surface area contributed by atoms with Gasteiger partial charge in [0, 0.05) is 44.0 Å². The van der Waals surface area contributed by atoms with Gasteiger partial charge in [-0.1, -0.05) is 12.1 Å². The van der Waals surface area contributed by atoms with E-state index in [1.165, 1.54) is 0 Å². The molecule has 0 aliphatic carbocycles. The number of pyridine rings is 2. The number of amides is 3. The van der Waals surface area contributed by atoms with Crippen LogP contribution < -0.4 is 16.0 Å². The molecule has 7 nitrogen and oxygen atoms in total. The Morgan fingerprint density at radius 3 is 2.58 bits per heavy atom. The van der Waals surface area contributed by atoms with Gasteiger partial charge in [0.15, 0.2) is 0 Å². The van der Waals surface area contributed by atoms with Gasteiger partial charge in [-0.25, -0.2) is 9.78 Å². The summed E-state index contributed by atoms with van der Waals surface area (Å²) in [5, 5.41) is 8.05. The second-order valence-electron chi connectivity index (χ2n) is 5.27. The Kier molecular flexibility index (Phi) is 6.70. The van der Waals surface area contributed by atoms with Crippen molar-refractivity contribution in [3.8, 4) is 0 Å². The van der Waals surface area contributed by atoms with Crippen molar-refractivity contribution in [3.05, 3.63) is 54.0 Å². The smallest absolute Gasteiger partial charge is 0.314 e. The molecule has 0 saturated carbocycles. The third kappa shape index (κ3) is 6.43. The fraction of sp³-hybridized carbons (Fsp3) is 0.294. The maximum Gasteiger partial charge on any atom is 0.314 e. The van der Waals surface area contributed by atoms with Crippen LogP contribution in [0.15, 0.2) is 42.7 Å². The minimum atomic E-state index is -0.299. The van der Waals surface area contributed by atoms with E-state index in [4.69, 9.17) is 0 Å². The predicted molar refractivity (Wildman–Crippen MR) is 91.6 cm³/mol. The minimum absolute atomic E-state index is 0.184. The maximum atomic E-state index is 11.7. The van der Waals surface area contributed by atoms with Gasteiger partial charge >= 0.3 is 6.03 Å². The number of hydrogen-bond acceptors (Lipinski definition) is 4. The monoisotopic (exact) mass is 327 g/mol. The highest BCUT2D eigenvalue weighted by Crippen LogP contribution is 2.03. The summed E-state index contributed by atoms with van der Waals surface area (Å²) in [6, 6.07) is 8.97. The normalized spacial score (nSPS) is 10.0. The van der Waals surface area contributed by atoms with E-state index in [1.807, 2.05) is 31.2 Å². The van der Waals surface area contributed by atoms with Crippen LogP contribution in [0.2, 0.25) is 0 Å². The largest absolute Gasteiger partial charge is 0.338 e. The highest BCUT2D eigenvalue weighted by atomic mass is 16.2. The SMILES string of the molecule is Cc1ccc(NC(=O)CCNC(=O)NCCc2ccccn2)nc1. The van der Waals surface area contributed by atoms with Crippen LogP contribution >= 0.6 is 0 Å². The van der Waals surface area contributed by atoms with Gasteiger partial charge in [0.05, 0.1) is 0 Å². The molecule has 0 atom stereocenters. The number of nitrogens with zero attached hydrogens (tertiary/aromatic N) is 2. The van der Waals surface area contributed by atoms with Gasteiger partial charge in [0.25, 0.3) is 0 Å². The third-order valence-electron chi connectivity index (χ3n) is 3.21. The van der Waals surface area contributed by atoms with E-state index >= 15 is 0 Å². The van der Waals surface area contributed by atoms with Crippen LogP contribution in [0.3, 0.4) is 0 Å². The van der Waals surface area contributed by atoms with E-state index in [1.54, 1.807) is 18.5 Å². The summed E-state index contributed by atoms with van der Waals surface area (Å²) in [5.74, 6) is 0.311. The van der Waals surface area contributed by atoms with Gasteiger partial charge in [0.2, 0.25) is 5.91 Å². The zero-order chi connectivity index (χ0) is 17.2. The molecule has 2 heterocycles. The zero-order valence-corrected chi connectivity index (χ0v) is 13.6. The van der Waals surface area contributed by atoms with E-state index in [0.717, 1.165) is 11.3 Å². The number of hydrogen-bond donors (Lipinski definition) is 3. The Morgan fingerprint density at radius 2 is 1.88 bits per heavy atom. The van der Waals surface area contributed by atoms with Gasteiger partial charge in [-0.05, 0) is 30.7 Å². The van der Waals surface area contributed by atoms with Crippen molar-refractivity contribution in [1.82, 2.24) is 20.6 Å². The molecule has 0 spiro atoms. The van der Waals surface area contributed by atoms with Crippen molar-refractivity contribution >= 4 is 17.8 Å². The van der Waals surface area contributed by atoms with Crippen molar-refractivity contribution in [1.29, 1.82) is 0 Å². The van der Waals surface area contributed by atoms with E-state index in [9.17, 15) is 9.59 Å². The second kappa shape index (κ2) is 9.24. The summed E-state index contributed by atoms with van der Waals surface area (Å²) in [6.07, 6.45) is 4.25. The molecule has 2 aromatic rings. The molecule has 0 aromatic carbocycles. The van der Waals surface area contributed by atoms with E-state index < -0.39 is 0 Å². The van der Waals surface area contributed by atoms with Gasteiger partial charge in [-0.3, -0.25) is 9.78 Å². The minimum Gasteiger partial charge on any atom is -0.338 e. The van der Waals surface area contributed by atoms with Gasteiger partial charge in [-0.15, -0.1) is 0 Å². The van der Waals surface area contributed by atoms with Crippen LogP contribution in [0.1, 0.15) is 17.7 Å². The number of urea groups is 1. The quantitative estimate of drug-likeness (QED) is 0.720. The summed E-state index contributed by atoms with van der Waals surface area (Å²) in [6.45, 7) is 2.67. The molecule has 2 aromatic heterocycles. The Labute approximate surface area is 140 Å². The fourth-order valence-corrected chi connectivity index (χ4v) is 1.95. The summed E-state index contributed by atoms with van der Waals surface area (Å²) in [7, 11) is 0. The van der Waals surface area contributed by atoms with E-state index in [-0.39, 0.29) is 24.9 Å². The summed E-state index contributed by atoms with van der Waals surface area (Å²) >= 11 is 0. The lowest BCUT2D eigenvalue weighted by atomic mass is 10.3. The number of anilines is 1. The van der Waals surface area contributed by atoms with Crippen LogP contribution in [0, 0.1) is 6.92 Å². The molecule has 0 aliphatic rings. The zero-order valence-electron chi connectivity index (χ0n) is 13.6. The molecule has 3 amide bonds. The van der Waals surface area contributed by atoms with Crippen LogP contribution in [-0.4, -0.2) is 35.0 Å². The Hall–Kier alpha value is -2.96. The molecule has 2 rings (SSSR count). The summed E-state index contributed by atoms with van der Waals surface area (Å²) in [4.78, 5) is 31.6. The molecular formula is C17H21N5O2. The number of aryl methyl sites for hydroxylation is 1. The number of nitrogens with one attached hydrogen (secondary N) is 3. The van der Waals surface area contributed by atoms with Crippen molar-refractivity contribution < 1.29 is 9.59 Å². The van der Waals surface area contributed by atoms with E-state index in [2.05, 4.69) is 25.9 Å². The number of carbonyl (C=O) groups excluding carboxylic acids is 2. The molecule has 0 unspecified atom stereocenters. The summed E-state index contributed by atoms with van der Waals surface area (Å²) in [5.41, 5.74) is 1.94.